The molecule has 4 nitrogen and oxygen atoms in total. The quantitative estimate of drug-likeness (QED) is 0.920. The number of primary amides is 1. The summed E-state index contributed by atoms with van der Waals surface area (Å²) in [5, 5.41) is 0.686. The van der Waals surface area contributed by atoms with Gasteiger partial charge in [0.05, 0.1) is 6.20 Å². The van der Waals surface area contributed by atoms with E-state index in [1.54, 1.807) is 18.2 Å². The summed E-state index contributed by atoms with van der Waals surface area (Å²) in [6.45, 7) is 0.411. The third-order valence-electron chi connectivity index (χ3n) is 2.31. The molecule has 0 unspecified atom stereocenters. The molecule has 0 fully saturated rings. The smallest absolute Gasteiger partial charge is 0.267 e. The van der Waals surface area contributed by atoms with E-state index in [9.17, 15) is 4.79 Å². The number of pyridine rings is 1. The second kappa shape index (κ2) is 5.51. The van der Waals surface area contributed by atoms with Crippen LogP contribution in [0.1, 0.15) is 16.1 Å². The lowest BCUT2D eigenvalue weighted by Gasteiger charge is -2.06. The molecule has 1 aromatic carbocycles. The Kier molecular flexibility index (Phi) is 3.79. The van der Waals surface area contributed by atoms with Gasteiger partial charge < -0.3 is 10.5 Å². The van der Waals surface area contributed by atoms with Crippen molar-refractivity contribution in [2.75, 3.05) is 0 Å². The Morgan fingerprint density at radius 3 is 2.50 bits per heavy atom. The van der Waals surface area contributed by atoms with Crippen molar-refractivity contribution in [2.24, 2.45) is 5.73 Å². The second-order valence-corrected chi connectivity index (χ2v) is 4.09. The SMILES string of the molecule is NC(=O)c1ccc(OCc2ccc(Cl)cc2)cn1. The second-order valence-electron chi connectivity index (χ2n) is 3.66. The molecule has 92 valence electrons. The van der Waals surface area contributed by atoms with Crippen LogP contribution in [0.3, 0.4) is 0 Å². The maximum atomic E-state index is 10.8. The predicted octanol–water partition coefficient (Wildman–Crippen LogP) is 2.41. The number of carbonyl (C=O) groups excluding carboxylic acids is 1. The summed E-state index contributed by atoms with van der Waals surface area (Å²) >= 11 is 5.78. The van der Waals surface area contributed by atoms with Crippen molar-refractivity contribution in [2.45, 2.75) is 6.61 Å². The number of aromatic nitrogens is 1. The number of rotatable bonds is 4. The van der Waals surface area contributed by atoms with Gasteiger partial charge in [-0.25, -0.2) is 4.98 Å². The largest absolute Gasteiger partial charge is 0.487 e. The van der Waals surface area contributed by atoms with Crippen LogP contribution in [0.2, 0.25) is 5.02 Å². The van der Waals surface area contributed by atoms with Crippen LogP contribution in [0.15, 0.2) is 42.6 Å². The average Bonchev–Trinajstić information content (AvgIpc) is 2.38. The highest BCUT2D eigenvalue weighted by Gasteiger charge is 2.02. The van der Waals surface area contributed by atoms with E-state index in [1.165, 1.54) is 12.3 Å². The summed E-state index contributed by atoms with van der Waals surface area (Å²) in [6, 6.07) is 10.5. The van der Waals surface area contributed by atoms with Crippen LogP contribution in [-0.2, 0) is 6.61 Å². The number of nitrogens with zero attached hydrogens (tertiary/aromatic N) is 1. The first-order valence-electron chi connectivity index (χ1n) is 5.28. The number of hydrogen-bond acceptors (Lipinski definition) is 3. The molecule has 2 aromatic rings. The predicted molar refractivity (Wildman–Crippen MR) is 68.5 cm³/mol. The minimum absolute atomic E-state index is 0.217. The molecule has 2 N–H and O–H groups in total. The third kappa shape index (κ3) is 3.21. The highest BCUT2D eigenvalue weighted by molar-refractivity contribution is 6.30. The topological polar surface area (TPSA) is 65.2 Å². The van der Waals surface area contributed by atoms with E-state index in [0.717, 1.165) is 5.56 Å². The molecule has 0 aliphatic rings. The van der Waals surface area contributed by atoms with E-state index in [4.69, 9.17) is 22.1 Å². The molecule has 0 aliphatic carbocycles. The summed E-state index contributed by atoms with van der Waals surface area (Å²) in [5.41, 5.74) is 6.30. The number of halogens is 1. The molecule has 0 radical (unpaired) electrons. The lowest BCUT2D eigenvalue weighted by Crippen LogP contribution is -2.12. The summed E-state index contributed by atoms with van der Waals surface area (Å²) in [6.07, 6.45) is 1.47. The number of benzene rings is 1. The number of amides is 1. The lowest BCUT2D eigenvalue weighted by molar-refractivity contribution is 0.0995. The van der Waals surface area contributed by atoms with Crippen LogP contribution in [0.4, 0.5) is 0 Å². The molecule has 18 heavy (non-hydrogen) atoms. The van der Waals surface area contributed by atoms with Crippen molar-refractivity contribution < 1.29 is 9.53 Å². The summed E-state index contributed by atoms with van der Waals surface area (Å²) in [7, 11) is 0. The first-order valence-corrected chi connectivity index (χ1v) is 5.66. The van der Waals surface area contributed by atoms with Gasteiger partial charge in [0.15, 0.2) is 0 Å². The maximum Gasteiger partial charge on any atom is 0.267 e. The Hall–Kier alpha value is -2.07. The molecule has 0 aliphatic heterocycles. The van der Waals surface area contributed by atoms with E-state index < -0.39 is 5.91 Å². The molecular formula is C13H11ClN2O2. The van der Waals surface area contributed by atoms with Gasteiger partial charge in [-0.1, -0.05) is 23.7 Å². The maximum absolute atomic E-state index is 10.8. The van der Waals surface area contributed by atoms with Gasteiger partial charge in [0.2, 0.25) is 0 Å². The fraction of sp³-hybridized carbons (Fsp3) is 0.0769. The van der Waals surface area contributed by atoms with Gasteiger partial charge in [0.25, 0.3) is 5.91 Å². The normalized spacial score (nSPS) is 10.1. The van der Waals surface area contributed by atoms with Gasteiger partial charge in [-0.3, -0.25) is 4.79 Å². The molecular weight excluding hydrogens is 252 g/mol. The Morgan fingerprint density at radius 2 is 1.94 bits per heavy atom. The Balaban J connectivity index is 1.97. The van der Waals surface area contributed by atoms with Gasteiger partial charge in [0.1, 0.15) is 18.1 Å². The van der Waals surface area contributed by atoms with Crippen LogP contribution in [0.5, 0.6) is 5.75 Å². The standard InChI is InChI=1S/C13H11ClN2O2/c14-10-3-1-9(2-4-10)8-18-11-5-6-12(13(15)17)16-7-11/h1-7H,8H2,(H2,15,17). The molecule has 1 amide bonds. The zero-order chi connectivity index (χ0) is 13.0. The van der Waals surface area contributed by atoms with E-state index in [2.05, 4.69) is 4.98 Å². The Bertz CT molecular complexity index is 538. The highest BCUT2D eigenvalue weighted by atomic mass is 35.5. The first-order chi connectivity index (χ1) is 8.65. The zero-order valence-electron chi connectivity index (χ0n) is 9.47. The summed E-state index contributed by atoms with van der Waals surface area (Å²) in [5.74, 6) is 0.0224. The molecule has 0 saturated carbocycles. The van der Waals surface area contributed by atoms with Crippen molar-refractivity contribution >= 4 is 17.5 Å². The van der Waals surface area contributed by atoms with Gasteiger partial charge in [-0.15, -0.1) is 0 Å². The first kappa shape index (κ1) is 12.4. The van der Waals surface area contributed by atoms with Gasteiger partial charge in [-0.2, -0.15) is 0 Å². The van der Waals surface area contributed by atoms with E-state index in [0.29, 0.717) is 17.4 Å². The van der Waals surface area contributed by atoms with Gasteiger partial charge in [-0.05, 0) is 29.8 Å². The molecule has 0 bridgehead atoms. The number of hydrogen-bond donors (Lipinski definition) is 1. The van der Waals surface area contributed by atoms with Crippen LogP contribution < -0.4 is 10.5 Å². The fourth-order valence-electron chi connectivity index (χ4n) is 1.36. The Morgan fingerprint density at radius 1 is 1.22 bits per heavy atom. The van der Waals surface area contributed by atoms with Gasteiger partial charge >= 0.3 is 0 Å². The minimum atomic E-state index is -0.556. The lowest BCUT2D eigenvalue weighted by atomic mass is 10.2. The molecule has 5 heteroatoms. The van der Waals surface area contributed by atoms with Crippen LogP contribution >= 0.6 is 11.6 Å². The fourth-order valence-corrected chi connectivity index (χ4v) is 1.48. The van der Waals surface area contributed by atoms with Crippen LogP contribution in [0.25, 0.3) is 0 Å². The van der Waals surface area contributed by atoms with Crippen molar-refractivity contribution in [3.63, 3.8) is 0 Å². The monoisotopic (exact) mass is 262 g/mol. The average molecular weight is 263 g/mol. The minimum Gasteiger partial charge on any atom is -0.487 e. The van der Waals surface area contributed by atoms with Crippen molar-refractivity contribution in [3.8, 4) is 5.75 Å². The van der Waals surface area contributed by atoms with Crippen LogP contribution in [-0.4, -0.2) is 10.9 Å². The number of carbonyl (C=O) groups is 1. The van der Waals surface area contributed by atoms with Crippen molar-refractivity contribution in [1.82, 2.24) is 4.98 Å². The summed E-state index contributed by atoms with van der Waals surface area (Å²) in [4.78, 5) is 14.7. The molecule has 1 heterocycles. The molecule has 1 aromatic heterocycles. The molecule has 0 atom stereocenters. The number of nitrogens with two attached hydrogens (primary N) is 1. The zero-order valence-corrected chi connectivity index (χ0v) is 10.2. The van der Waals surface area contributed by atoms with E-state index in [1.807, 2.05) is 12.1 Å². The van der Waals surface area contributed by atoms with E-state index >= 15 is 0 Å². The van der Waals surface area contributed by atoms with Crippen molar-refractivity contribution in [3.05, 3.63) is 58.9 Å². The Labute approximate surface area is 109 Å². The summed E-state index contributed by atoms with van der Waals surface area (Å²) < 4.78 is 5.51. The number of ether oxygens (including phenoxy) is 1. The molecule has 0 spiro atoms. The molecule has 2 rings (SSSR count). The van der Waals surface area contributed by atoms with E-state index in [-0.39, 0.29) is 5.69 Å². The highest BCUT2D eigenvalue weighted by Crippen LogP contribution is 2.14. The third-order valence-corrected chi connectivity index (χ3v) is 2.56. The van der Waals surface area contributed by atoms with Gasteiger partial charge in [0, 0.05) is 5.02 Å². The molecule has 0 saturated heterocycles. The van der Waals surface area contributed by atoms with Crippen molar-refractivity contribution in [1.29, 1.82) is 0 Å². The van der Waals surface area contributed by atoms with Crippen LogP contribution in [0, 0.1) is 0 Å².